The van der Waals surface area contributed by atoms with Crippen molar-refractivity contribution in [3.63, 3.8) is 0 Å². The molecular weight excluding hydrogens is 142 g/mol. The minimum atomic E-state index is 1.09. The summed E-state index contributed by atoms with van der Waals surface area (Å²) in [6.45, 7) is 6.52. The van der Waals surface area contributed by atoms with Gasteiger partial charge in [0, 0.05) is 18.5 Å². The lowest BCUT2D eigenvalue weighted by Crippen LogP contribution is -2.20. The molecule has 0 amide bonds. The van der Waals surface area contributed by atoms with E-state index in [0.29, 0.717) is 0 Å². The van der Waals surface area contributed by atoms with Gasteiger partial charge in [-0.3, -0.25) is 0 Å². The van der Waals surface area contributed by atoms with Gasteiger partial charge in [-0.1, -0.05) is 0 Å². The molecule has 1 aromatic heterocycles. The van der Waals surface area contributed by atoms with Crippen LogP contribution < -0.4 is 4.90 Å². The summed E-state index contributed by atoms with van der Waals surface area (Å²) in [5.74, 6) is 0. The van der Waals surface area contributed by atoms with Crippen LogP contribution >= 0.6 is 11.3 Å². The Bertz CT molecular complexity index is 165. The van der Waals surface area contributed by atoms with Crippen LogP contribution in [0.3, 0.4) is 0 Å². The van der Waals surface area contributed by atoms with E-state index >= 15 is 0 Å². The molecule has 10 heavy (non-hydrogen) atoms. The van der Waals surface area contributed by atoms with Crippen LogP contribution in [0, 0.1) is 5.38 Å². The summed E-state index contributed by atoms with van der Waals surface area (Å²) in [5, 5.41) is 4.40. The molecule has 0 aliphatic heterocycles. The molecule has 0 aromatic carbocycles. The number of nitrogens with zero attached hydrogens (tertiary/aromatic N) is 1. The third-order valence-corrected chi connectivity index (χ3v) is 2.39. The summed E-state index contributed by atoms with van der Waals surface area (Å²) in [6.07, 6.45) is 0. The summed E-state index contributed by atoms with van der Waals surface area (Å²) < 4.78 is 0. The van der Waals surface area contributed by atoms with E-state index in [1.807, 2.05) is 6.07 Å². The van der Waals surface area contributed by atoms with Gasteiger partial charge in [-0.2, -0.15) is 0 Å². The van der Waals surface area contributed by atoms with E-state index in [0.717, 1.165) is 13.1 Å². The zero-order valence-electron chi connectivity index (χ0n) is 6.42. The summed E-state index contributed by atoms with van der Waals surface area (Å²) in [4.78, 5) is 2.32. The summed E-state index contributed by atoms with van der Waals surface area (Å²) >= 11 is 1.68. The van der Waals surface area contributed by atoms with E-state index in [2.05, 4.69) is 30.2 Å². The van der Waals surface area contributed by atoms with E-state index in [4.69, 9.17) is 0 Å². The molecule has 0 N–H and O–H groups in total. The van der Waals surface area contributed by atoms with Crippen LogP contribution in [0.25, 0.3) is 0 Å². The van der Waals surface area contributed by atoms with Gasteiger partial charge in [-0.25, -0.2) is 0 Å². The fourth-order valence-electron chi connectivity index (χ4n) is 0.939. The lowest BCUT2D eigenvalue weighted by atomic mass is 10.5. The van der Waals surface area contributed by atoms with Crippen LogP contribution in [-0.2, 0) is 0 Å². The van der Waals surface area contributed by atoms with Crippen molar-refractivity contribution in [2.75, 3.05) is 18.0 Å². The Morgan fingerprint density at radius 1 is 1.50 bits per heavy atom. The molecular formula is C8H12NS. The Kier molecular flexibility index (Phi) is 2.75. The quantitative estimate of drug-likeness (QED) is 0.646. The summed E-state index contributed by atoms with van der Waals surface area (Å²) in [5.41, 5.74) is 0. The van der Waals surface area contributed by atoms with Gasteiger partial charge >= 0.3 is 0 Å². The first kappa shape index (κ1) is 7.61. The zero-order valence-corrected chi connectivity index (χ0v) is 7.24. The van der Waals surface area contributed by atoms with Gasteiger partial charge < -0.3 is 4.90 Å². The molecule has 1 nitrogen and oxygen atoms in total. The van der Waals surface area contributed by atoms with E-state index in [-0.39, 0.29) is 0 Å². The van der Waals surface area contributed by atoms with Crippen molar-refractivity contribution in [1.82, 2.24) is 0 Å². The highest BCUT2D eigenvalue weighted by Gasteiger charge is 1.99. The van der Waals surface area contributed by atoms with Crippen LogP contribution in [0.5, 0.6) is 0 Å². The van der Waals surface area contributed by atoms with Gasteiger partial charge in [-0.05, 0) is 26.0 Å². The molecule has 0 bridgehead atoms. The zero-order chi connectivity index (χ0) is 7.40. The predicted octanol–water partition coefficient (Wildman–Crippen LogP) is 2.39. The SMILES string of the molecule is CCN(CC)c1cc[c]s1. The van der Waals surface area contributed by atoms with Crippen LogP contribution in [0.4, 0.5) is 5.00 Å². The van der Waals surface area contributed by atoms with Crippen molar-refractivity contribution in [2.45, 2.75) is 13.8 Å². The van der Waals surface area contributed by atoms with Crippen molar-refractivity contribution in [2.24, 2.45) is 0 Å². The number of hydrogen-bond acceptors (Lipinski definition) is 2. The highest BCUT2D eigenvalue weighted by atomic mass is 32.1. The van der Waals surface area contributed by atoms with Gasteiger partial charge in [0.1, 0.15) is 0 Å². The second kappa shape index (κ2) is 3.62. The largest absolute Gasteiger partial charge is 0.364 e. The fourth-order valence-corrected chi connectivity index (χ4v) is 1.72. The third-order valence-electron chi connectivity index (χ3n) is 1.53. The van der Waals surface area contributed by atoms with E-state index in [9.17, 15) is 0 Å². The van der Waals surface area contributed by atoms with Gasteiger partial charge in [0.05, 0.1) is 5.00 Å². The molecule has 1 aromatic rings. The fraction of sp³-hybridized carbons (Fsp3) is 0.500. The number of hydrogen-bond donors (Lipinski definition) is 0. The van der Waals surface area contributed by atoms with E-state index in [1.165, 1.54) is 5.00 Å². The maximum absolute atomic E-state index is 3.08. The first-order valence-electron chi connectivity index (χ1n) is 3.59. The molecule has 0 fully saturated rings. The molecule has 2 heteroatoms. The van der Waals surface area contributed by atoms with Crippen LogP contribution in [0.15, 0.2) is 12.1 Å². The van der Waals surface area contributed by atoms with Crippen LogP contribution in [0.2, 0.25) is 0 Å². The topological polar surface area (TPSA) is 3.24 Å². The second-order valence-electron chi connectivity index (χ2n) is 2.06. The minimum absolute atomic E-state index is 1.09. The van der Waals surface area contributed by atoms with E-state index < -0.39 is 0 Å². The molecule has 0 spiro atoms. The van der Waals surface area contributed by atoms with Crippen molar-refractivity contribution >= 4 is 16.3 Å². The number of anilines is 1. The molecule has 0 atom stereocenters. The lowest BCUT2D eigenvalue weighted by molar-refractivity contribution is 0.876. The molecule has 0 aliphatic rings. The van der Waals surface area contributed by atoms with Crippen LogP contribution in [-0.4, -0.2) is 13.1 Å². The third kappa shape index (κ3) is 1.51. The Balaban J connectivity index is 2.64. The molecule has 0 saturated heterocycles. The highest BCUT2D eigenvalue weighted by Crippen LogP contribution is 2.19. The molecule has 55 valence electrons. The van der Waals surface area contributed by atoms with E-state index in [1.54, 1.807) is 11.3 Å². The van der Waals surface area contributed by atoms with Crippen molar-refractivity contribution in [1.29, 1.82) is 0 Å². The summed E-state index contributed by atoms with van der Waals surface area (Å²) in [6, 6.07) is 4.08. The predicted molar refractivity (Wildman–Crippen MR) is 46.7 cm³/mol. The number of rotatable bonds is 3. The maximum atomic E-state index is 3.08. The van der Waals surface area contributed by atoms with Gasteiger partial charge in [0.25, 0.3) is 0 Å². The van der Waals surface area contributed by atoms with Crippen molar-refractivity contribution in [3.8, 4) is 0 Å². The first-order chi connectivity index (χ1) is 4.88. The Morgan fingerprint density at radius 2 is 2.20 bits per heavy atom. The lowest BCUT2D eigenvalue weighted by Gasteiger charge is -2.17. The normalized spacial score (nSPS) is 9.80. The standard InChI is InChI=1S/C8H12NS/c1-3-9(4-2)8-6-5-7-10-8/h5-6H,3-4H2,1-2H3. The molecule has 1 radical (unpaired) electrons. The highest BCUT2D eigenvalue weighted by molar-refractivity contribution is 7.13. The molecule has 0 aliphatic carbocycles. The van der Waals surface area contributed by atoms with Gasteiger partial charge in [0.15, 0.2) is 0 Å². The van der Waals surface area contributed by atoms with Crippen molar-refractivity contribution in [3.05, 3.63) is 17.5 Å². The first-order valence-corrected chi connectivity index (χ1v) is 4.41. The Labute approximate surface area is 66.3 Å². The minimum Gasteiger partial charge on any atom is -0.364 e. The smallest absolute Gasteiger partial charge is 0.0915 e. The average Bonchev–Trinajstić information content (AvgIpc) is 2.43. The van der Waals surface area contributed by atoms with Crippen molar-refractivity contribution < 1.29 is 0 Å². The Hall–Kier alpha value is -0.500. The molecule has 1 heterocycles. The molecule has 0 saturated carbocycles. The summed E-state index contributed by atoms with van der Waals surface area (Å²) in [7, 11) is 0. The van der Waals surface area contributed by atoms with Gasteiger partial charge in [0.2, 0.25) is 0 Å². The maximum Gasteiger partial charge on any atom is 0.0915 e. The Morgan fingerprint density at radius 3 is 2.60 bits per heavy atom. The average molecular weight is 154 g/mol. The van der Waals surface area contributed by atoms with Crippen LogP contribution in [0.1, 0.15) is 13.8 Å². The molecule has 1 rings (SSSR count). The second-order valence-corrected chi connectivity index (χ2v) is 2.92. The number of thiophene rings is 1. The molecule has 0 unspecified atom stereocenters. The monoisotopic (exact) mass is 154 g/mol. The van der Waals surface area contributed by atoms with Gasteiger partial charge in [-0.15, -0.1) is 11.3 Å².